The second kappa shape index (κ2) is 8.67. The maximum absolute atomic E-state index is 13.3. The van der Waals surface area contributed by atoms with E-state index in [2.05, 4.69) is 5.32 Å². The summed E-state index contributed by atoms with van der Waals surface area (Å²) in [7, 11) is -3.70. The molecule has 0 aromatic heterocycles. The Hall–Kier alpha value is -3.32. The first kappa shape index (κ1) is 21.9. The highest BCUT2D eigenvalue weighted by Gasteiger charge is 2.36. The highest BCUT2D eigenvalue weighted by molar-refractivity contribution is 7.92. The van der Waals surface area contributed by atoms with Gasteiger partial charge >= 0.3 is 0 Å². The van der Waals surface area contributed by atoms with Crippen LogP contribution < -0.4 is 14.4 Å². The molecule has 0 unspecified atom stereocenters. The summed E-state index contributed by atoms with van der Waals surface area (Å²) in [4.78, 5) is 13.1. The van der Waals surface area contributed by atoms with Crippen molar-refractivity contribution < 1.29 is 17.9 Å². The van der Waals surface area contributed by atoms with Crippen LogP contribution in [-0.2, 0) is 16.4 Å². The molecule has 1 heterocycles. The van der Waals surface area contributed by atoms with Crippen LogP contribution in [-0.4, -0.2) is 27.0 Å². The Balaban J connectivity index is 1.62. The molecule has 1 aliphatic heterocycles. The first-order chi connectivity index (χ1) is 15.3. The molecule has 1 N–H and O–H groups in total. The minimum atomic E-state index is -3.70. The van der Waals surface area contributed by atoms with Crippen molar-refractivity contribution in [1.82, 2.24) is 0 Å². The van der Waals surface area contributed by atoms with Gasteiger partial charge in [0.1, 0.15) is 5.75 Å². The van der Waals surface area contributed by atoms with E-state index in [-0.39, 0.29) is 16.8 Å². The third-order valence-corrected chi connectivity index (χ3v) is 7.45. The average Bonchev–Trinajstić information content (AvgIpc) is 3.11. The Morgan fingerprint density at radius 2 is 1.81 bits per heavy atom. The van der Waals surface area contributed by atoms with Crippen LogP contribution in [0.2, 0.25) is 0 Å². The van der Waals surface area contributed by atoms with E-state index in [1.165, 1.54) is 4.31 Å². The summed E-state index contributed by atoms with van der Waals surface area (Å²) in [6.45, 7) is 6.18. The van der Waals surface area contributed by atoms with E-state index < -0.39 is 10.0 Å². The maximum Gasteiger partial charge on any atom is 0.264 e. The molecule has 0 saturated heterocycles. The molecule has 0 saturated carbocycles. The maximum atomic E-state index is 13.3. The number of sulfonamides is 1. The molecule has 0 radical (unpaired) electrons. The fourth-order valence-corrected chi connectivity index (χ4v) is 5.67. The number of benzene rings is 3. The Kier molecular flexibility index (Phi) is 5.93. The minimum absolute atomic E-state index is 0.242. The fourth-order valence-electron chi connectivity index (χ4n) is 3.98. The van der Waals surface area contributed by atoms with Crippen LogP contribution in [0.5, 0.6) is 5.75 Å². The molecule has 6 nitrogen and oxygen atoms in total. The number of hydrogen-bond acceptors (Lipinski definition) is 4. The van der Waals surface area contributed by atoms with Crippen molar-refractivity contribution in [3.63, 3.8) is 0 Å². The van der Waals surface area contributed by atoms with Crippen LogP contribution >= 0.6 is 0 Å². The van der Waals surface area contributed by atoms with Gasteiger partial charge in [-0.2, -0.15) is 0 Å². The number of carbonyl (C=O) groups excluding carboxylic acids is 1. The van der Waals surface area contributed by atoms with E-state index in [0.29, 0.717) is 35.7 Å². The Labute approximate surface area is 188 Å². The van der Waals surface area contributed by atoms with E-state index in [4.69, 9.17) is 4.74 Å². The van der Waals surface area contributed by atoms with Crippen molar-refractivity contribution in [3.8, 4) is 5.75 Å². The average molecular weight is 451 g/mol. The quantitative estimate of drug-likeness (QED) is 0.586. The van der Waals surface area contributed by atoms with Gasteiger partial charge < -0.3 is 10.1 Å². The third-order valence-electron chi connectivity index (χ3n) is 5.51. The molecule has 1 atom stereocenters. The number of fused-ring (bicyclic) bond motifs is 1. The number of hydrogen-bond donors (Lipinski definition) is 1. The van der Waals surface area contributed by atoms with Gasteiger partial charge in [0, 0.05) is 11.6 Å². The van der Waals surface area contributed by atoms with Crippen molar-refractivity contribution in [2.45, 2.75) is 38.1 Å². The van der Waals surface area contributed by atoms with E-state index >= 15 is 0 Å². The lowest BCUT2D eigenvalue weighted by Gasteiger charge is -2.24. The summed E-state index contributed by atoms with van der Waals surface area (Å²) >= 11 is 0. The van der Waals surface area contributed by atoms with Crippen LogP contribution in [0.15, 0.2) is 71.6 Å². The summed E-state index contributed by atoms with van der Waals surface area (Å²) in [5.41, 5.74) is 3.51. The zero-order chi connectivity index (χ0) is 22.9. The summed E-state index contributed by atoms with van der Waals surface area (Å²) < 4.78 is 33.7. The molecule has 3 aromatic carbocycles. The SMILES string of the molecule is CCOc1ccccc1NC(=O)c1ccc2c(c1)C[C@@H](C)N2S(=O)(=O)c1ccc(C)cc1. The van der Waals surface area contributed by atoms with E-state index in [9.17, 15) is 13.2 Å². The monoisotopic (exact) mass is 450 g/mol. The van der Waals surface area contributed by atoms with Crippen LogP contribution in [0.25, 0.3) is 0 Å². The number of nitrogens with one attached hydrogen (secondary N) is 1. The fraction of sp³-hybridized carbons (Fsp3) is 0.240. The van der Waals surface area contributed by atoms with Crippen LogP contribution in [0, 0.1) is 6.92 Å². The van der Waals surface area contributed by atoms with E-state index in [1.807, 2.05) is 32.9 Å². The second-order valence-electron chi connectivity index (χ2n) is 7.89. The number of carbonyl (C=O) groups is 1. The predicted octanol–water partition coefficient (Wildman–Crippen LogP) is 4.79. The van der Waals surface area contributed by atoms with Crippen LogP contribution in [0.1, 0.15) is 35.3 Å². The first-order valence-corrected chi connectivity index (χ1v) is 12.0. The summed E-state index contributed by atoms with van der Waals surface area (Å²) in [5.74, 6) is 0.334. The molecule has 4 rings (SSSR count). The molecule has 0 spiro atoms. The number of ether oxygens (including phenoxy) is 1. The van der Waals surface area contributed by atoms with Crippen LogP contribution in [0.3, 0.4) is 0 Å². The molecule has 166 valence electrons. The Bertz CT molecular complexity index is 1250. The van der Waals surface area contributed by atoms with Crippen LogP contribution in [0.4, 0.5) is 11.4 Å². The van der Waals surface area contributed by atoms with Crippen molar-refractivity contribution in [2.75, 3.05) is 16.2 Å². The second-order valence-corrected chi connectivity index (χ2v) is 9.71. The number of amides is 1. The zero-order valence-corrected chi connectivity index (χ0v) is 19.1. The zero-order valence-electron chi connectivity index (χ0n) is 18.3. The number of anilines is 2. The largest absolute Gasteiger partial charge is 0.492 e. The lowest BCUT2D eigenvalue weighted by atomic mass is 10.1. The predicted molar refractivity (Wildman–Crippen MR) is 126 cm³/mol. The van der Waals surface area contributed by atoms with Gasteiger partial charge in [-0.25, -0.2) is 8.42 Å². The minimum Gasteiger partial charge on any atom is -0.492 e. The number of rotatable bonds is 6. The van der Waals surface area contributed by atoms with E-state index in [1.54, 1.807) is 54.6 Å². The number of para-hydroxylation sites is 2. The third kappa shape index (κ3) is 4.08. The lowest BCUT2D eigenvalue weighted by molar-refractivity contribution is 0.102. The van der Waals surface area contributed by atoms with Gasteiger partial charge in [-0.3, -0.25) is 9.10 Å². The molecule has 3 aromatic rings. The van der Waals surface area contributed by atoms with Gasteiger partial charge in [0.15, 0.2) is 0 Å². The molecular weight excluding hydrogens is 424 g/mol. The first-order valence-electron chi connectivity index (χ1n) is 10.6. The molecule has 1 aliphatic rings. The van der Waals surface area contributed by atoms with E-state index in [0.717, 1.165) is 11.1 Å². The van der Waals surface area contributed by atoms with Gasteiger partial charge in [0.05, 0.1) is 22.9 Å². The van der Waals surface area contributed by atoms with Gasteiger partial charge in [-0.15, -0.1) is 0 Å². The lowest BCUT2D eigenvalue weighted by Crippen LogP contribution is -2.35. The highest BCUT2D eigenvalue weighted by Crippen LogP contribution is 2.37. The molecule has 0 aliphatic carbocycles. The molecular formula is C25H26N2O4S. The van der Waals surface area contributed by atoms with Gasteiger partial charge in [-0.1, -0.05) is 29.8 Å². The van der Waals surface area contributed by atoms with Crippen molar-refractivity contribution in [2.24, 2.45) is 0 Å². The van der Waals surface area contributed by atoms with Gasteiger partial charge in [0.2, 0.25) is 0 Å². The standard InChI is InChI=1S/C25H26N2O4S/c1-4-31-24-8-6-5-7-22(24)26-25(28)19-11-14-23-20(16-19)15-18(3)27(23)32(29,30)21-12-9-17(2)10-13-21/h5-14,16,18H,4,15H2,1-3H3,(H,26,28)/t18-/m1/s1. The molecule has 0 bridgehead atoms. The summed E-state index contributed by atoms with van der Waals surface area (Å²) in [6, 6.07) is 19.0. The topological polar surface area (TPSA) is 75.7 Å². The van der Waals surface area contributed by atoms with Crippen molar-refractivity contribution in [3.05, 3.63) is 83.4 Å². The van der Waals surface area contributed by atoms with Gasteiger partial charge in [0.25, 0.3) is 15.9 Å². The van der Waals surface area contributed by atoms with Gasteiger partial charge in [-0.05, 0) is 75.2 Å². The number of aryl methyl sites for hydroxylation is 1. The normalized spacial score (nSPS) is 15.3. The number of nitrogens with zero attached hydrogens (tertiary/aromatic N) is 1. The van der Waals surface area contributed by atoms with Crippen molar-refractivity contribution in [1.29, 1.82) is 0 Å². The highest BCUT2D eigenvalue weighted by atomic mass is 32.2. The molecule has 7 heteroatoms. The molecule has 32 heavy (non-hydrogen) atoms. The molecule has 0 fully saturated rings. The Morgan fingerprint density at radius 1 is 1.09 bits per heavy atom. The summed E-state index contributed by atoms with van der Waals surface area (Å²) in [5, 5.41) is 2.89. The smallest absolute Gasteiger partial charge is 0.264 e. The summed E-state index contributed by atoms with van der Waals surface area (Å²) in [6.07, 6.45) is 0.539. The van der Waals surface area contributed by atoms with Crippen molar-refractivity contribution >= 4 is 27.3 Å². The molecule has 1 amide bonds. The Morgan fingerprint density at radius 3 is 2.53 bits per heavy atom.